The van der Waals surface area contributed by atoms with Crippen LogP contribution in [0.15, 0.2) is 6.20 Å². The van der Waals surface area contributed by atoms with Gasteiger partial charge in [0.15, 0.2) is 0 Å². The van der Waals surface area contributed by atoms with Crippen molar-refractivity contribution >= 4 is 18.4 Å². The molecule has 1 heterocycles. The monoisotopic (exact) mass is 191 g/mol. The van der Waals surface area contributed by atoms with E-state index in [4.69, 9.17) is 10.8 Å². The summed E-state index contributed by atoms with van der Waals surface area (Å²) < 4.78 is 1.44. The van der Waals surface area contributed by atoms with Gasteiger partial charge < -0.3 is 10.8 Å². The highest BCUT2D eigenvalue weighted by Gasteiger charge is 2.11. The molecule has 0 aliphatic heterocycles. The first-order valence-corrected chi connectivity index (χ1v) is 3.11. The third-order valence-corrected chi connectivity index (χ3v) is 1.33. The molecule has 5 nitrogen and oxygen atoms in total. The number of halogens is 1. The molecule has 1 rings (SSSR count). The zero-order chi connectivity index (χ0) is 8.43. The summed E-state index contributed by atoms with van der Waals surface area (Å²) in [5.74, 6) is -0.987. The molecule has 3 N–H and O–H groups in total. The summed E-state index contributed by atoms with van der Waals surface area (Å²) in [4.78, 5) is 10.5. The van der Waals surface area contributed by atoms with Gasteiger partial charge in [-0.05, 0) is 0 Å². The molecule has 1 aromatic rings. The van der Waals surface area contributed by atoms with Crippen molar-refractivity contribution in [3.8, 4) is 0 Å². The van der Waals surface area contributed by atoms with Crippen LogP contribution in [0.5, 0.6) is 0 Å². The maximum absolute atomic E-state index is 10.5. The second kappa shape index (κ2) is 4.08. The molecule has 12 heavy (non-hydrogen) atoms. The van der Waals surface area contributed by atoms with Crippen LogP contribution in [0.2, 0.25) is 0 Å². The van der Waals surface area contributed by atoms with Crippen molar-refractivity contribution in [3.63, 3.8) is 0 Å². The minimum atomic E-state index is -0.987. The molecule has 0 saturated carbocycles. The van der Waals surface area contributed by atoms with Crippen LogP contribution in [0, 0.1) is 0 Å². The summed E-state index contributed by atoms with van der Waals surface area (Å²) >= 11 is 0. The highest BCUT2D eigenvalue weighted by molar-refractivity contribution is 5.88. The van der Waals surface area contributed by atoms with E-state index in [1.807, 2.05) is 0 Å². The summed E-state index contributed by atoms with van der Waals surface area (Å²) in [5, 5.41) is 12.5. The second-order valence-corrected chi connectivity index (χ2v) is 2.17. The highest BCUT2D eigenvalue weighted by atomic mass is 35.5. The fraction of sp³-hybridized carbons (Fsp3) is 0.333. The molecule has 0 fully saturated rings. The lowest BCUT2D eigenvalue weighted by Crippen LogP contribution is -2.04. The average molecular weight is 192 g/mol. The van der Waals surface area contributed by atoms with E-state index < -0.39 is 5.97 Å². The molecule has 0 saturated heterocycles. The number of aryl methyl sites for hydroxylation is 1. The number of nitrogens with zero attached hydrogens (tertiary/aromatic N) is 2. The maximum Gasteiger partial charge on any atom is 0.339 e. The zero-order valence-corrected chi connectivity index (χ0v) is 7.34. The van der Waals surface area contributed by atoms with Crippen molar-refractivity contribution in [2.45, 2.75) is 6.54 Å². The Morgan fingerprint density at radius 1 is 1.83 bits per heavy atom. The summed E-state index contributed by atoms with van der Waals surface area (Å²) in [7, 11) is 1.66. The number of hydrogen-bond acceptors (Lipinski definition) is 3. The van der Waals surface area contributed by atoms with Crippen LogP contribution < -0.4 is 5.73 Å². The van der Waals surface area contributed by atoms with Gasteiger partial charge in [-0.25, -0.2) is 4.79 Å². The third-order valence-electron chi connectivity index (χ3n) is 1.33. The van der Waals surface area contributed by atoms with Crippen molar-refractivity contribution in [1.29, 1.82) is 0 Å². The summed E-state index contributed by atoms with van der Waals surface area (Å²) in [5.41, 5.74) is 5.86. The molecule has 68 valence electrons. The molecular formula is C6H10ClN3O2. The number of hydrogen-bond donors (Lipinski definition) is 2. The van der Waals surface area contributed by atoms with Gasteiger partial charge in [0, 0.05) is 19.8 Å². The van der Waals surface area contributed by atoms with E-state index in [1.165, 1.54) is 10.9 Å². The molecule has 6 heteroatoms. The molecule has 0 radical (unpaired) electrons. The van der Waals surface area contributed by atoms with Crippen molar-refractivity contribution in [2.75, 3.05) is 0 Å². The minimum absolute atomic E-state index is 0. The van der Waals surface area contributed by atoms with Crippen molar-refractivity contribution < 1.29 is 9.90 Å². The smallest absolute Gasteiger partial charge is 0.339 e. The minimum Gasteiger partial charge on any atom is -0.478 e. The molecule has 0 aromatic carbocycles. The number of carboxylic acid groups (broad SMARTS) is 1. The van der Waals surface area contributed by atoms with Crippen LogP contribution in [0.3, 0.4) is 0 Å². The Labute approximate surface area is 75.6 Å². The van der Waals surface area contributed by atoms with Crippen LogP contribution in [0.4, 0.5) is 0 Å². The van der Waals surface area contributed by atoms with Crippen molar-refractivity contribution in [2.24, 2.45) is 12.8 Å². The Morgan fingerprint density at radius 3 is 2.75 bits per heavy atom. The summed E-state index contributed by atoms with van der Waals surface area (Å²) in [6.45, 7) is 0.155. The van der Waals surface area contributed by atoms with Gasteiger partial charge in [-0.2, -0.15) is 5.10 Å². The molecule has 0 aliphatic carbocycles. The molecule has 0 atom stereocenters. The van der Waals surface area contributed by atoms with E-state index in [2.05, 4.69) is 5.10 Å². The maximum atomic E-state index is 10.5. The fourth-order valence-electron chi connectivity index (χ4n) is 0.864. The Hall–Kier alpha value is -1.07. The van der Waals surface area contributed by atoms with Gasteiger partial charge in [-0.3, -0.25) is 4.68 Å². The van der Waals surface area contributed by atoms with E-state index in [1.54, 1.807) is 7.05 Å². The van der Waals surface area contributed by atoms with E-state index >= 15 is 0 Å². The Morgan fingerprint density at radius 2 is 2.42 bits per heavy atom. The Bertz CT molecular complexity index is 284. The van der Waals surface area contributed by atoms with Gasteiger partial charge in [0.25, 0.3) is 0 Å². The molecular weight excluding hydrogens is 182 g/mol. The predicted octanol–water partition coefficient (Wildman–Crippen LogP) is -0.00120. The molecule has 0 aliphatic rings. The van der Waals surface area contributed by atoms with Gasteiger partial charge in [0.1, 0.15) is 5.56 Å². The summed E-state index contributed by atoms with van der Waals surface area (Å²) in [6, 6.07) is 0. The van der Waals surface area contributed by atoms with Crippen LogP contribution in [0.25, 0.3) is 0 Å². The Balaban J connectivity index is 0.00000121. The van der Waals surface area contributed by atoms with E-state index in [0.717, 1.165) is 0 Å². The molecule has 0 amide bonds. The number of aromatic nitrogens is 2. The number of rotatable bonds is 2. The first-order chi connectivity index (χ1) is 5.15. The average Bonchev–Trinajstić information content (AvgIpc) is 2.30. The lowest BCUT2D eigenvalue weighted by atomic mass is 10.2. The number of carboxylic acids is 1. The van der Waals surface area contributed by atoms with Gasteiger partial charge >= 0.3 is 5.97 Å². The van der Waals surface area contributed by atoms with E-state index in [-0.39, 0.29) is 24.5 Å². The second-order valence-electron chi connectivity index (χ2n) is 2.17. The third kappa shape index (κ3) is 1.96. The van der Waals surface area contributed by atoms with Gasteiger partial charge in [0.05, 0.1) is 5.69 Å². The highest BCUT2D eigenvalue weighted by Crippen LogP contribution is 2.04. The number of carbonyl (C=O) groups is 1. The molecule has 0 bridgehead atoms. The lowest BCUT2D eigenvalue weighted by Gasteiger charge is -1.89. The standard InChI is InChI=1S/C6H9N3O2.ClH/c1-9-3-4(6(10)11)5(2-7)8-9;/h3H,2,7H2,1H3,(H,10,11);1H. The van der Waals surface area contributed by atoms with Crippen LogP contribution >= 0.6 is 12.4 Å². The van der Waals surface area contributed by atoms with Crippen molar-refractivity contribution in [1.82, 2.24) is 9.78 Å². The predicted molar refractivity (Wildman–Crippen MR) is 45.3 cm³/mol. The van der Waals surface area contributed by atoms with Crippen LogP contribution in [-0.2, 0) is 13.6 Å². The SMILES string of the molecule is Cl.Cn1cc(C(=O)O)c(CN)n1. The quantitative estimate of drug-likeness (QED) is 0.690. The molecule has 0 unspecified atom stereocenters. The molecule has 0 spiro atoms. The topological polar surface area (TPSA) is 81.1 Å². The van der Waals surface area contributed by atoms with Crippen molar-refractivity contribution in [3.05, 3.63) is 17.5 Å². The first-order valence-electron chi connectivity index (χ1n) is 3.11. The Kier molecular flexibility index (Phi) is 3.72. The fourth-order valence-corrected chi connectivity index (χ4v) is 0.864. The van der Waals surface area contributed by atoms with E-state index in [0.29, 0.717) is 5.69 Å². The summed E-state index contributed by atoms with van der Waals surface area (Å²) in [6.07, 6.45) is 1.44. The number of nitrogens with two attached hydrogens (primary N) is 1. The van der Waals surface area contributed by atoms with Gasteiger partial charge in [-0.15, -0.1) is 12.4 Å². The molecule has 1 aromatic heterocycles. The zero-order valence-electron chi connectivity index (χ0n) is 6.52. The van der Waals surface area contributed by atoms with Crippen LogP contribution in [0.1, 0.15) is 16.1 Å². The largest absolute Gasteiger partial charge is 0.478 e. The van der Waals surface area contributed by atoms with Gasteiger partial charge in [0.2, 0.25) is 0 Å². The van der Waals surface area contributed by atoms with Gasteiger partial charge in [-0.1, -0.05) is 0 Å². The normalized spacial score (nSPS) is 9.17. The lowest BCUT2D eigenvalue weighted by molar-refractivity contribution is 0.0695. The number of aromatic carboxylic acids is 1. The van der Waals surface area contributed by atoms with Crippen LogP contribution in [-0.4, -0.2) is 20.9 Å². The first kappa shape index (κ1) is 10.9. The van der Waals surface area contributed by atoms with E-state index in [9.17, 15) is 4.79 Å².